The summed E-state index contributed by atoms with van der Waals surface area (Å²) in [5.41, 5.74) is -0.0222. The van der Waals surface area contributed by atoms with E-state index in [1.54, 1.807) is 0 Å². The van der Waals surface area contributed by atoms with Crippen molar-refractivity contribution in [3.8, 4) is 0 Å². The van der Waals surface area contributed by atoms with Gasteiger partial charge in [-0.3, -0.25) is 4.79 Å². The molecule has 0 atom stereocenters. The first-order valence-electron chi connectivity index (χ1n) is 5.92. The molecule has 0 bridgehead atoms. The van der Waals surface area contributed by atoms with Gasteiger partial charge in [-0.05, 0) is 46.5 Å². The quantitative estimate of drug-likeness (QED) is 0.731. The van der Waals surface area contributed by atoms with Crippen LogP contribution in [0.5, 0.6) is 0 Å². The third-order valence-electron chi connectivity index (χ3n) is 2.61. The number of ether oxygens (including phenoxy) is 1. The summed E-state index contributed by atoms with van der Waals surface area (Å²) in [5, 5.41) is 3.14. The first kappa shape index (κ1) is 12.5. The predicted molar refractivity (Wildman–Crippen MR) is 60.7 cm³/mol. The van der Waals surface area contributed by atoms with Gasteiger partial charge in [-0.1, -0.05) is 6.42 Å². The Morgan fingerprint density at radius 1 is 1.27 bits per heavy atom. The van der Waals surface area contributed by atoms with Crippen LogP contribution in [0.4, 0.5) is 0 Å². The Kier molecular flexibility index (Phi) is 4.58. The first-order chi connectivity index (χ1) is 6.97. The molecule has 1 rings (SSSR count). The fourth-order valence-corrected chi connectivity index (χ4v) is 1.75. The SMILES string of the molecule is CC(C)(C)NCC(=O)OC1CCCCC1. The van der Waals surface area contributed by atoms with Crippen molar-refractivity contribution in [3.63, 3.8) is 0 Å². The van der Waals surface area contributed by atoms with E-state index in [0.29, 0.717) is 6.54 Å². The molecule has 0 radical (unpaired) electrons. The molecule has 0 spiro atoms. The van der Waals surface area contributed by atoms with Gasteiger partial charge in [-0.2, -0.15) is 0 Å². The summed E-state index contributed by atoms with van der Waals surface area (Å²) >= 11 is 0. The second-order valence-electron chi connectivity index (χ2n) is 5.35. The summed E-state index contributed by atoms with van der Waals surface area (Å²) < 4.78 is 5.39. The zero-order valence-electron chi connectivity index (χ0n) is 10.1. The average molecular weight is 213 g/mol. The molecule has 15 heavy (non-hydrogen) atoms. The first-order valence-corrected chi connectivity index (χ1v) is 5.92. The van der Waals surface area contributed by atoms with E-state index in [-0.39, 0.29) is 17.6 Å². The molecule has 0 heterocycles. The topological polar surface area (TPSA) is 38.3 Å². The Morgan fingerprint density at radius 2 is 1.87 bits per heavy atom. The molecule has 0 aliphatic heterocycles. The summed E-state index contributed by atoms with van der Waals surface area (Å²) in [6, 6.07) is 0. The van der Waals surface area contributed by atoms with Crippen LogP contribution in [0.15, 0.2) is 0 Å². The van der Waals surface area contributed by atoms with Crippen LogP contribution in [0, 0.1) is 0 Å². The second-order valence-corrected chi connectivity index (χ2v) is 5.35. The maximum absolute atomic E-state index is 11.5. The highest BCUT2D eigenvalue weighted by atomic mass is 16.5. The number of hydrogen-bond donors (Lipinski definition) is 1. The number of nitrogens with one attached hydrogen (secondary N) is 1. The smallest absolute Gasteiger partial charge is 0.320 e. The Labute approximate surface area is 92.6 Å². The van der Waals surface area contributed by atoms with Crippen molar-refractivity contribution < 1.29 is 9.53 Å². The number of carbonyl (C=O) groups excluding carboxylic acids is 1. The fraction of sp³-hybridized carbons (Fsp3) is 0.917. The molecule has 0 saturated heterocycles. The predicted octanol–water partition coefficient (Wildman–Crippen LogP) is 2.25. The highest BCUT2D eigenvalue weighted by Gasteiger charge is 2.18. The van der Waals surface area contributed by atoms with E-state index in [1.165, 1.54) is 19.3 Å². The van der Waals surface area contributed by atoms with E-state index >= 15 is 0 Å². The molecule has 1 aliphatic rings. The molecule has 1 fully saturated rings. The molecule has 0 unspecified atom stereocenters. The molecule has 88 valence electrons. The van der Waals surface area contributed by atoms with E-state index in [2.05, 4.69) is 5.32 Å². The van der Waals surface area contributed by atoms with Gasteiger partial charge in [0.05, 0.1) is 6.54 Å². The van der Waals surface area contributed by atoms with Crippen molar-refractivity contribution in [1.29, 1.82) is 0 Å². The van der Waals surface area contributed by atoms with Crippen LogP contribution < -0.4 is 5.32 Å². The van der Waals surface area contributed by atoms with E-state index in [4.69, 9.17) is 4.74 Å². The van der Waals surface area contributed by atoms with Crippen LogP contribution in [-0.4, -0.2) is 24.2 Å². The molecule has 0 aromatic carbocycles. The lowest BCUT2D eigenvalue weighted by Gasteiger charge is -2.24. The molecule has 0 amide bonds. The van der Waals surface area contributed by atoms with Gasteiger partial charge in [0.25, 0.3) is 0 Å². The Bertz CT molecular complexity index is 202. The molecule has 3 nitrogen and oxygen atoms in total. The zero-order valence-corrected chi connectivity index (χ0v) is 10.1. The highest BCUT2D eigenvalue weighted by molar-refractivity contribution is 5.71. The van der Waals surface area contributed by atoms with E-state index in [9.17, 15) is 4.79 Å². The highest BCUT2D eigenvalue weighted by Crippen LogP contribution is 2.20. The van der Waals surface area contributed by atoms with Crippen molar-refractivity contribution in [2.24, 2.45) is 0 Å². The van der Waals surface area contributed by atoms with Gasteiger partial charge >= 0.3 is 5.97 Å². The van der Waals surface area contributed by atoms with Gasteiger partial charge in [0, 0.05) is 5.54 Å². The monoisotopic (exact) mass is 213 g/mol. The van der Waals surface area contributed by atoms with Crippen LogP contribution in [0.3, 0.4) is 0 Å². The summed E-state index contributed by atoms with van der Waals surface area (Å²) in [7, 11) is 0. The van der Waals surface area contributed by atoms with Crippen LogP contribution in [0.1, 0.15) is 52.9 Å². The van der Waals surface area contributed by atoms with Gasteiger partial charge in [0.1, 0.15) is 6.10 Å². The lowest BCUT2D eigenvalue weighted by atomic mass is 9.98. The van der Waals surface area contributed by atoms with Crippen molar-refractivity contribution in [1.82, 2.24) is 5.32 Å². The van der Waals surface area contributed by atoms with Crippen LogP contribution in [-0.2, 0) is 9.53 Å². The Balaban J connectivity index is 2.17. The molecule has 3 heteroatoms. The Morgan fingerprint density at radius 3 is 2.40 bits per heavy atom. The molecular formula is C12H23NO2. The van der Waals surface area contributed by atoms with E-state index in [1.807, 2.05) is 20.8 Å². The molecule has 1 saturated carbocycles. The summed E-state index contributed by atoms with van der Waals surface area (Å²) in [4.78, 5) is 11.5. The standard InChI is InChI=1S/C12H23NO2/c1-12(2,3)13-9-11(14)15-10-7-5-4-6-8-10/h10,13H,4-9H2,1-3H3. The van der Waals surface area contributed by atoms with E-state index in [0.717, 1.165) is 12.8 Å². The van der Waals surface area contributed by atoms with Crippen LogP contribution >= 0.6 is 0 Å². The van der Waals surface area contributed by atoms with Crippen molar-refractivity contribution in [2.75, 3.05) is 6.54 Å². The minimum atomic E-state index is -0.114. The third kappa shape index (κ3) is 5.78. The van der Waals surface area contributed by atoms with Crippen LogP contribution in [0.2, 0.25) is 0 Å². The summed E-state index contributed by atoms with van der Waals surface area (Å²) in [5.74, 6) is -0.114. The van der Waals surface area contributed by atoms with Gasteiger partial charge < -0.3 is 10.1 Å². The van der Waals surface area contributed by atoms with Crippen molar-refractivity contribution >= 4 is 5.97 Å². The third-order valence-corrected chi connectivity index (χ3v) is 2.61. The molecule has 0 aromatic heterocycles. The lowest BCUT2D eigenvalue weighted by Crippen LogP contribution is -2.40. The average Bonchev–Trinajstić information content (AvgIpc) is 2.15. The minimum absolute atomic E-state index is 0.0222. The normalized spacial score (nSPS) is 18.9. The summed E-state index contributed by atoms with van der Waals surface area (Å²) in [6.07, 6.45) is 5.94. The second kappa shape index (κ2) is 5.50. The lowest BCUT2D eigenvalue weighted by molar-refractivity contribution is -0.149. The van der Waals surface area contributed by atoms with Gasteiger partial charge in [0.2, 0.25) is 0 Å². The van der Waals surface area contributed by atoms with Crippen molar-refractivity contribution in [2.45, 2.75) is 64.5 Å². The van der Waals surface area contributed by atoms with Gasteiger partial charge in [-0.15, -0.1) is 0 Å². The van der Waals surface area contributed by atoms with Gasteiger partial charge in [0.15, 0.2) is 0 Å². The maximum Gasteiger partial charge on any atom is 0.320 e. The summed E-state index contributed by atoms with van der Waals surface area (Å²) in [6.45, 7) is 6.45. The maximum atomic E-state index is 11.5. The number of esters is 1. The van der Waals surface area contributed by atoms with E-state index < -0.39 is 0 Å². The number of carbonyl (C=O) groups is 1. The largest absolute Gasteiger partial charge is 0.461 e. The number of rotatable bonds is 3. The molecule has 1 aliphatic carbocycles. The molecular weight excluding hydrogens is 190 g/mol. The fourth-order valence-electron chi connectivity index (χ4n) is 1.75. The molecule has 1 N–H and O–H groups in total. The zero-order chi connectivity index (χ0) is 11.3. The van der Waals surface area contributed by atoms with Crippen LogP contribution in [0.25, 0.3) is 0 Å². The Hall–Kier alpha value is -0.570. The number of hydrogen-bond acceptors (Lipinski definition) is 3. The van der Waals surface area contributed by atoms with Crippen molar-refractivity contribution in [3.05, 3.63) is 0 Å². The van der Waals surface area contributed by atoms with Gasteiger partial charge in [-0.25, -0.2) is 0 Å². The molecule has 0 aromatic rings. The minimum Gasteiger partial charge on any atom is -0.461 e.